The largest absolute Gasteiger partial charge is 0.380 e. The Bertz CT molecular complexity index is 417. The van der Waals surface area contributed by atoms with Crippen LogP contribution >= 0.6 is 0 Å². The molecule has 2 aliphatic heterocycles. The SMILES string of the molecule is C[C@H](c1ccccc1)N1CC2COCC2C1=O. The lowest BCUT2D eigenvalue weighted by molar-refractivity contribution is -0.133. The van der Waals surface area contributed by atoms with Crippen molar-refractivity contribution in [3.8, 4) is 0 Å². The van der Waals surface area contributed by atoms with Crippen molar-refractivity contribution in [3.05, 3.63) is 35.9 Å². The highest BCUT2D eigenvalue weighted by atomic mass is 16.5. The van der Waals surface area contributed by atoms with Crippen molar-refractivity contribution < 1.29 is 9.53 Å². The first-order chi connectivity index (χ1) is 8.27. The zero-order valence-corrected chi connectivity index (χ0v) is 10.0. The number of hydrogen-bond donors (Lipinski definition) is 0. The van der Waals surface area contributed by atoms with Crippen LogP contribution in [0.3, 0.4) is 0 Å². The van der Waals surface area contributed by atoms with E-state index in [1.54, 1.807) is 0 Å². The number of hydrogen-bond acceptors (Lipinski definition) is 2. The summed E-state index contributed by atoms with van der Waals surface area (Å²) in [7, 11) is 0. The Morgan fingerprint density at radius 1 is 1.29 bits per heavy atom. The first-order valence-electron chi connectivity index (χ1n) is 6.20. The summed E-state index contributed by atoms with van der Waals surface area (Å²) in [5.74, 6) is 0.790. The summed E-state index contributed by atoms with van der Waals surface area (Å²) in [6.45, 7) is 4.31. The maximum absolute atomic E-state index is 12.2. The van der Waals surface area contributed by atoms with E-state index in [1.165, 1.54) is 5.56 Å². The minimum absolute atomic E-state index is 0.112. The Balaban J connectivity index is 1.80. The van der Waals surface area contributed by atoms with Crippen LogP contribution in [0.4, 0.5) is 0 Å². The molecule has 0 N–H and O–H groups in total. The first-order valence-corrected chi connectivity index (χ1v) is 6.20. The van der Waals surface area contributed by atoms with E-state index in [1.807, 2.05) is 23.1 Å². The molecule has 2 unspecified atom stereocenters. The van der Waals surface area contributed by atoms with Crippen molar-refractivity contribution in [2.75, 3.05) is 19.8 Å². The zero-order valence-electron chi connectivity index (χ0n) is 10.0. The second-order valence-corrected chi connectivity index (χ2v) is 4.98. The lowest BCUT2D eigenvalue weighted by Crippen LogP contribution is -2.31. The van der Waals surface area contributed by atoms with E-state index >= 15 is 0 Å². The van der Waals surface area contributed by atoms with Crippen LogP contribution in [-0.4, -0.2) is 30.6 Å². The highest BCUT2D eigenvalue weighted by Crippen LogP contribution is 2.35. The van der Waals surface area contributed by atoms with Gasteiger partial charge in [0.2, 0.25) is 5.91 Å². The van der Waals surface area contributed by atoms with E-state index in [4.69, 9.17) is 4.74 Å². The molecule has 3 nitrogen and oxygen atoms in total. The molecule has 2 heterocycles. The quantitative estimate of drug-likeness (QED) is 0.777. The number of ether oxygens (including phenoxy) is 1. The summed E-state index contributed by atoms with van der Waals surface area (Å²) in [6.07, 6.45) is 0. The Labute approximate surface area is 101 Å². The van der Waals surface area contributed by atoms with E-state index in [2.05, 4.69) is 19.1 Å². The van der Waals surface area contributed by atoms with E-state index < -0.39 is 0 Å². The van der Waals surface area contributed by atoms with E-state index in [-0.39, 0.29) is 17.9 Å². The number of rotatable bonds is 2. The van der Waals surface area contributed by atoms with Gasteiger partial charge in [-0.1, -0.05) is 30.3 Å². The van der Waals surface area contributed by atoms with Crippen LogP contribution in [0.15, 0.2) is 30.3 Å². The Morgan fingerprint density at radius 3 is 2.76 bits per heavy atom. The number of nitrogens with zero attached hydrogens (tertiary/aromatic N) is 1. The molecular weight excluding hydrogens is 214 g/mol. The molecule has 1 amide bonds. The smallest absolute Gasteiger partial charge is 0.228 e. The molecular formula is C14H17NO2. The van der Waals surface area contributed by atoms with Crippen molar-refractivity contribution >= 4 is 5.91 Å². The average Bonchev–Trinajstić information content (AvgIpc) is 2.93. The van der Waals surface area contributed by atoms with Crippen LogP contribution < -0.4 is 0 Å². The molecule has 3 atom stereocenters. The van der Waals surface area contributed by atoms with Crippen molar-refractivity contribution in [3.63, 3.8) is 0 Å². The number of benzene rings is 1. The van der Waals surface area contributed by atoms with Gasteiger partial charge in [0.05, 0.1) is 25.2 Å². The molecule has 0 bridgehead atoms. The topological polar surface area (TPSA) is 29.5 Å². The molecule has 1 aromatic rings. The van der Waals surface area contributed by atoms with Gasteiger partial charge in [0, 0.05) is 12.5 Å². The number of fused-ring (bicyclic) bond motifs is 1. The van der Waals surface area contributed by atoms with Crippen LogP contribution in [0.5, 0.6) is 0 Å². The maximum Gasteiger partial charge on any atom is 0.228 e. The molecule has 2 fully saturated rings. The number of likely N-dealkylation sites (tertiary alicyclic amines) is 1. The molecule has 3 rings (SSSR count). The lowest BCUT2D eigenvalue weighted by Gasteiger charge is -2.26. The summed E-state index contributed by atoms with van der Waals surface area (Å²) in [5, 5.41) is 0. The number of carbonyl (C=O) groups excluding carboxylic acids is 1. The van der Waals surface area contributed by atoms with Crippen LogP contribution in [0.1, 0.15) is 18.5 Å². The van der Waals surface area contributed by atoms with Gasteiger partial charge in [-0.25, -0.2) is 0 Å². The molecule has 90 valence electrons. The van der Waals surface area contributed by atoms with Gasteiger partial charge >= 0.3 is 0 Å². The standard InChI is InChI=1S/C14H17NO2/c1-10(11-5-3-2-4-6-11)15-7-12-8-17-9-13(12)14(15)16/h2-6,10,12-13H,7-9H2,1H3/t10-,12?,13?/m1/s1. The predicted octanol–water partition coefficient (Wildman–Crippen LogP) is 1.85. The van der Waals surface area contributed by atoms with E-state index in [9.17, 15) is 4.79 Å². The summed E-state index contributed by atoms with van der Waals surface area (Å²) in [4.78, 5) is 14.3. The highest BCUT2D eigenvalue weighted by molar-refractivity contribution is 5.82. The molecule has 0 saturated carbocycles. The maximum atomic E-state index is 12.2. The van der Waals surface area contributed by atoms with Crippen molar-refractivity contribution in [2.24, 2.45) is 11.8 Å². The monoisotopic (exact) mass is 231 g/mol. The summed E-state index contributed by atoms with van der Waals surface area (Å²) in [6, 6.07) is 10.4. The fraction of sp³-hybridized carbons (Fsp3) is 0.500. The summed E-state index contributed by atoms with van der Waals surface area (Å²) in [5.41, 5.74) is 1.21. The van der Waals surface area contributed by atoms with Crippen LogP contribution in [0, 0.1) is 11.8 Å². The van der Waals surface area contributed by atoms with E-state index in [0.29, 0.717) is 12.5 Å². The Morgan fingerprint density at radius 2 is 2.06 bits per heavy atom. The third-order valence-electron chi connectivity index (χ3n) is 3.98. The predicted molar refractivity (Wildman–Crippen MR) is 64.4 cm³/mol. The molecule has 2 aliphatic rings. The second-order valence-electron chi connectivity index (χ2n) is 4.98. The lowest BCUT2D eigenvalue weighted by atomic mass is 10.0. The van der Waals surface area contributed by atoms with Crippen LogP contribution in [0.2, 0.25) is 0 Å². The van der Waals surface area contributed by atoms with Gasteiger partial charge in [-0.2, -0.15) is 0 Å². The summed E-state index contributed by atoms with van der Waals surface area (Å²) >= 11 is 0. The molecule has 1 aromatic carbocycles. The van der Waals surface area contributed by atoms with Gasteiger partial charge in [0.1, 0.15) is 0 Å². The fourth-order valence-corrected chi connectivity index (χ4v) is 2.87. The average molecular weight is 231 g/mol. The van der Waals surface area contributed by atoms with Gasteiger partial charge in [0.15, 0.2) is 0 Å². The Kier molecular flexibility index (Phi) is 2.63. The highest BCUT2D eigenvalue weighted by Gasteiger charge is 2.45. The Hall–Kier alpha value is -1.35. The van der Waals surface area contributed by atoms with Crippen molar-refractivity contribution in [2.45, 2.75) is 13.0 Å². The van der Waals surface area contributed by atoms with Gasteiger partial charge < -0.3 is 9.64 Å². The fourth-order valence-electron chi connectivity index (χ4n) is 2.87. The van der Waals surface area contributed by atoms with Gasteiger partial charge in [-0.3, -0.25) is 4.79 Å². The molecule has 0 spiro atoms. The molecule has 0 aliphatic carbocycles. The zero-order chi connectivity index (χ0) is 11.8. The molecule has 17 heavy (non-hydrogen) atoms. The second kappa shape index (κ2) is 4.15. The van der Waals surface area contributed by atoms with Crippen molar-refractivity contribution in [1.82, 2.24) is 4.90 Å². The third-order valence-corrected chi connectivity index (χ3v) is 3.98. The van der Waals surface area contributed by atoms with Gasteiger partial charge in [0.25, 0.3) is 0 Å². The minimum Gasteiger partial charge on any atom is -0.380 e. The minimum atomic E-state index is 0.112. The van der Waals surface area contributed by atoms with Gasteiger partial charge in [-0.15, -0.1) is 0 Å². The number of carbonyl (C=O) groups is 1. The number of amides is 1. The van der Waals surface area contributed by atoms with Crippen molar-refractivity contribution in [1.29, 1.82) is 0 Å². The van der Waals surface area contributed by atoms with Crippen LogP contribution in [-0.2, 0) is 9.53 Å². The molecule has 0 radical (unpaired) electrons. The third kappa shape index (κ3) is 1.75. The van der Waals surface area contributed by atoms with Crippen LogP contribution in [0.25, 0.3) is 0 Å². The molecule has 0 aromatic heterocycles. The normalized spacial score (nSPS) is 29.5. The van der Waals surface area contributed by atoms with E-state index in [0.717, 1.165) is 13.2 Å². The molecule has 2 saturated heterocycles. The van der Waals surface area contributed by atoms with Gasteiger partial charge in [-0.05, 0) is 12.5 Å². The summed E-state index contributed by atoms with van der Waals surface area (Å²) < 4.78 is 5.37. The molecule has 3 heteroatoms. The first kappa shape index (κ1) is 10.8.